The zero-order valence-corrected chi connectivity index (χ0v) is 12.6. The summed E-state index contributed by atoms with van der Waals surface area (Å²) in [4.78, 5) is 37.3. The molecule has 0 saturated carbocycles. The van der Waals surface area contributed by atoms with Gasteiger partial charge in [-0.2, -0.15) is 0 Å². The number of carbonyl (C=O) groups excluding carboxylic acids is 3. The molecular weight excluding hydrogens is 282 g/mol. The van der Waals surface area contributed by atoms with Gasteiger partial charge in [-0.15, -0.1) is 0 Å². The number of amides is 3. The van der Waals surface area contributed by atoms with Gasteiger partial charge in [0, 0.05) is 31.6 Å². The highest BCUT2D eigenvalue weighted by Gasteiger charge is 2.40. The predicted molar refractivity (Wildman–Crippen MR) is 80.7 cm³/mol. The summed E-state index contributed by atoms with van der Waals surface area (Å²) in [6, 6.07) is -0.579. The molecule has 1 unspecified atom stereocenters. The third kappa shape index (κ3) is 2.50. The minimum Gasteiger partial charge on any atom is -0.322 e. The molecule has 0 radical (unpaired) electrons. The van der Waals surface area contributed by atoms with E-state index in [-0.39, 0.29) is 18.2 Å². The maximum Gasteiger partial charge on any atom is 0.255 e. The fourth-order valence-electron chi connectivity index (χ4n) is 3.06. The number of likely N-dealkylation sites (tertiary alicyclic amines) is 1. The van der Waals surface area contributed by atoms with Crippen LogP contribution < -0.4 is 10.6 Å². The van der Waals surface area contributed by atoms with Crippen molar-refractivity contribution in [2.75, 3.05) is 19.6 Å². The van der Waals surface area contributed by atoms with E-state index in [1.165, 1.54) is 10.5 Å². The smallest absolute Gasteiger partial charge is 0.255 e. The Kier molecular flexibility index (Phi) is 3.70. The van der Waals surface area contributed by atoms with Crippen LogP contribution in [0.2, 0.25) is 0 Å². The largest absolute Gasteiger partial charge is 0.322 e. The van der Waals surface area contributed by atoms with Gasteiger partial charge < -0.3 is 10.2 Å². The van der Waals surface area contributed by atoms with Crippen LogP contribution in [0.4, 0.5) is 0 Å². The van der Waals surface area contributed by atoms with E-state index >= 15 is 0 Å². The van der Waals surface area contributed by atoms with Crippen molar-refractivity contribution in [1.29, 1.82) is 0 Å². The first-order valence-electron chi connectivity index (χ1n) is 7.41. The molecule has 0 aromatic heterocycles. The standard InChI is InChI=1S/C16H19N3O3/c1-9-6-17-7-11(9)5-12-10(2)8-19(16(12)22)13-3-4-14(20)18-15(13)21/h5,13,17H,2-4,6-8H2,1H3,(H,18,20,21)/b12-5+. The van der Waals surface area contributed by atoms with Gasteiger partial charge in [0.15, 0.2) is 0 Å². The molecule has 0 aliphatic carbocycles. The van der Waals surface area contributed by atoms with Crippen molar-refractivity contribution in [3.05, 3.63) is 34.9 Å². The van der Waals surface area contributed by atoms with Crippen molar-refractivity contribution in [2.24, 2.45) is 0 Å². The highest BCUT2D eigenvalue weighted by molar-refractivity contribution is 6.07. The van der Waals surface area contributed by atoms with Crippen LogP contribution in [-0.2, 0) is 14.4 Å². The van der Waals surface area contributed by atoms with Crippen LogP contribution in [0.15, 0.2) is 34.9 Å². The summed E-state index contributed by atoms with van der Waals surface area (Å²) < 4.78 is 0. The number of hydrogen-bond donors (Lipinski definition) is 2. The minimum atomic E-state index is -0.579. The first kappa shape index (κ1) is 14.7. The molecule has 0 bridgehead atoms. The van der Waals surface area contributed by atoms with Crippen LogP contribution >= 0.6 is 0 Å². The Hall–Kier alpha value is -2.21. The summed E-state index contributed by atoms with van der Waals surface area (Å²) in [5.41, 5.74) is 3.62. The molecule has 6 heteroatoms. The lowest BCUT2D eigenvalue weighted by Gasteiger charge is -2.28. The van der Waals surface area contributed by atoms with E-state index in [0.717, 1.165) is 24.2 Å². The van der Waals surface area contributed by atoms with Gasteiger partial charge in [-0.1, -0.05) is 12.2 Å². The Morgan fingerprint density at radius 1 is 1.27 bits per heavy atom. The Labute approximate surface area is 128 Å². The van der Waals surface area contributed by atoms with E-state index in [0.29, 0.717) is 18.5 Å². The molecule has 3 aliphatic heterocycles. The van der Waals surface area contributed by atoms with Crippen molar-refractivity contribution < 1.29 is 14.4 Å². The molecule has 0 aromatic carbocycles. The van der Waals surface area contributed by atoms with Crippen LogP contribution in [0.3, 0.4) is 0 Å². The zero-order valence-electron chi connectivity index (χ0n) is 12.6. The fourth-order valence-corrected chi connectivity index (χ4v) is 3.06. The van der Waals surface area contributed by atoms with Crippen LogP contribution in [0, 0.1) is 0 Å². The van der Waals surface area contributed by atoms with Gasteiger partial charge in [0.25, 0.3) is 5.91 Å². The number of carbonyl (C=O) groups is 3. The minimum absolute atomic E-state index is 0.174. The van der Waals surface area contributed by atoms with E-state index < -0.39 is 11.9 Å². The van der Waals surface area contributed by atoms with E-state index in [4.69, 9.17) is 0 Å². The summed E-state index contributed by atoms with van der Waals surface area (Å²) in [5, 5.41) is 5.53. The number of imide groups is 1. The molecule has 3 aliphatic rings. The van der Waals surface area contributed by atoms with E-state index in [9.17, 15) is 14.4 Å². The molecule has 3 heterocycles. The molecule has 116 valence electrons. The maximum atomic E-state index is 12.6. The Morgan fingerprint density at radius 3 is 2.68 bits per heavy atom. The van der Waals surface area contributed by atoms with Crippen molar-refractivity contribution in [1.82, 2.24) is 15.5 Å². The average Bonchev–Trinajstić information content (AvgIpc) is 2.98. The quantitative estimate of drug-likeness (QED) is 0.557. The van der Waals surface area contributed by atoms with Gasteiger partial charge in [-0.3, -0.25) is 19.7 Å². The van der Waals surface area contributed by atoms with E-state index in [1.807, 2.05) is 13.0 Å². The number of nitrogens with one attached hydrogen (secondary N) is 2. The van der Waals surface area contributed by atoms with Crippen molar-refractivity contribution in [3.63, 3.8) is 0 Å². The second-order valence-electron chi connectivity index (χ2n) is 5.97. The summed E-state index contributed by atoms with van der Waals surface area (Å²) in [7, 11) is 0. The van der Waals surface area contributed by atoms with Gasteiger partial charge in [0.05, 0.1) is 0 Å². The average molecular weight is 301 g/mol. The van der Waals surface area contributed by atoms with Crippen molar-refractivity contribution in [3.8, 4) is 0 Å². The highest BCUT2D eigenvalue weighted by atomic mass is 16.2. The normalized spacial score (nSPS) is 28.1. The van der Waals surface area contributed by atoms with Crippen LogP contribution in [0.25, 0.3) is 0 Å². The molecular formula is C16H19N3O3. The van der Waals surface area contributed by atoms with Crippen molar-refractivity contribution >= 4 is 17.7 Å². The summed E-state index contributed by atoms with van der Waals surface area (Å²) in [6.45, 7) is 7.92. The molecule has 22 heavy (non-hydrogen) atoms. The summed E-state index contributed by atoms with van der Waals surface area (Å²) in [6.07, 6.45) is 2.52. The first-order valence-corrected chi connectivity index (χ1v) is 7.41. The molecule has 0 aromatic rings. The van der Waals surface area contributed by atoms with Gasteiger partial charge in [0.2, 0.25) is 11.8 Å². The molecule has 2 fully saturated rings. The second kappa shape index (κ2) is 5.53. The van der Waals surface area contributed by atoms with E-state index in [2.05, 4.69) is 17.2 Å². The molecule has 1 atom stereocenters. The van der Waals surface area contributed by atoms with Gasteiger partial charge in [-0.05, 0) is 30.6 Å². The molecule has 3 rings (SSSR count). The lowest BCUT2D eigenvalue weighted by Crippen LogP contribution is -2.52. The summed E-state index contributed by atoms with van der Waals surface area (Å²) >= 11 is 0. The summed E-state index contributed by atoms with van der Waals surface area (Å²) in [5.74, 6) is -0.844. The monoisotopic (exact) mass is 301 g/mol. The number of nitrogens with zero attached hydrogens (tertiary/aromatic N) is 1. The third-order valence-corrected chi connectivity index (χ3v) is 4.39. The van der Waals surface area contributed by atoms with Gasteiger partial charge >= 0.3 is 0 Å². The number of rotatable bonds is 2. The number of piperidine rings is 1. The number of hydrogen-bond acceptors (Lipinski definition) is 4. The lowest BCUT2D eigenvalue weighted by molar-refractivity contribution is -0.142. The molecule has 0 spiro atoms. The Bertz CT molecular complexity index is 645. The van der Waals surface area contributed by atoms with Crippen molar-refractivity contribution in [2.45, 2.75) is 25.8 Å². The molecule has 3 amide bonds. The van der Waals surface area contributed by atoms with E-state index in [1.54, 1.807) is 0 Å². The Balaban J connectivity index is 1.83. The van der Waals surface area contributed by atoms with Crippen LogP contribution in [0.5, 0.6) is 0 Å². The van der Waals surface area contributed by atoms with Crippen LogP contribution in [0.1, 0.15) is 19.8 Å². The topological polar surface area (TPSA) is 78.5 Å². The van der Waals surface area contributed by atoms with Crippen LogP contribution in [-0.4, -0.2) is 48.3 Å². The zero-order chi connectivity index (χ0) is 15.9. The highest BCUT2D eigenvalue weighted by Crippen LogP contribution is 2.28. The molecule has 2 saturated heterocycles. The SMILES string of the molecule is C=C1CN(C2CCC(=O)NC2=O)C(=O)/C1=C/C1=C(C)CNC1. The predicted octanol–water partition coefficient (Wildman–Crippen LogP) is 0.0361. The second-order valence-corrected chi connectivity index (χ2v) is 5.97. The molecule has 2 N–H and O–H groups in total. The van der Waals surface area contributed by atoms with Gasteiger partial charge in [0.1, 0.15) is 6.04 Å². The van der Waals surface area contributed by atoms with Gasteiger partial charge in [-0.25, -0.2) is 0 Å². The Morgan fingerprint density at radius 2 is 2.05 bits per heavy atom. The lowest BCUT2D eigenvalue weighted by atomic mass is 10.0. The third-order valence-electron chi connectivity index (χ3n) is 4.39. The molecule has 6 nitrogen and oxygen atoms in total. The maximum absolute atomic E-state index is 12.6. The fraction of sp³-hybridized carbons (Fsp3) is 0.438. The first-order chi connectivity index (χ1) is 10.5.